The number of nitrogens with zero attached hydrogens (tertiary/aromatic N) is 1. The average molecular weight is 458 g/mol. The van der Waals surface area contributed by atoms with Crippen LogP contribution < -0.4 is 10.6 Å². The van der Waals surface area contributed by atoms with Gasteiger partial charge in [0.2, 0.25) is 21.8 Å². The highest BCUT2D eigenvalue weighted by molar-refractivity contribution is 7.89. The van der Waals surface area contributed by atoms with Gasteiger partial charge in [0, 0.05) is 26.6 Å². The summed E-state index contributed by atoms with van der Waals surface area (Å²) in [5, 5.41) is 5.60. The van der Waals surface area contributed by atoms with Gasteiger partial charge in [-0.25, -0.2) is 8.42 Å². The Morgan fingerprint density at radius 1 is 1.12 bits per heavy atom. The third-order valence-corrected chi connectivity index (χ3v) is 7.86. The van der Waals surface area contributed by atoms with Crippen molar-refractivity contribution >= 4 is 27.5 Å². The summed E-state index contributed by atoms with van der Waals surface area (Å²) in [6, 6.07) is 12.8. The Hall–Kier alpha value is -2.71. The van der Waals surface area contributed by atoms with E-state index in [1.54, 1.807) is 25.1 Å². The van der Waals surface area contributed by atoms with Crippen molar-refractivity contribution in [2.75, 3.05) is 18.4 Å². The van der Waals surface area contributed by atoms with Crippen molar-refractivity contribution in [3.63, 3.8) is 0 Å². The van der Waals surface area contributed by atoms with E-state index >= 15 is 0 Å². The summed E-state index contributed by atoms with van der Waals surface area (Å²) in [6.07, 6.45) is 1.18. The molecule has 32 heavy (non-hydrogen) atoms. The highest BCUT2D eigenvalue weighted by atomic mass is 32.2. The minimum Gasteiger partial charge on any atom is -0.352 e. The molecule has 1 aliphatic rings. The number of piperidine rings is 1. The number of hydrogen-bond donors (Lipinski definition) is 2. The molecule has 3 rings (SSSR count). The maximum atomic E-state index is 13.5. The number of anilines is 1. The maximum Gasteiger partial charge on any atom is 0.245 e. The molecule has 2 aromatic carbocycles. The molecule has 172 valence electrons. The molecule has 1 atom stereocenters. The quantitative estimate of drug-likeness (QED) is 0.695. The molecule has 0 aromatic heterocycles. The molecule has 2 aromatic rings. The minimum atomic E-state index is -3.90. The number of benzene rings is 2. The first-order valence-corrected chi connectivity index (χ1v) is 12.2. The minimum absolute atomic E-state index is 0.0530. The largest absolute Gasteiger partial charge is 0.352 e. The van der Waals surface area contributed by atoms with Gasteiger partial charge >= 0.3 is 0 Å². The van der Waals surface area contributed by atoms with Crippen molar-refractivity contribution in [3.05, 3.63) is 59.2 Å². The van der Waals surface area contributed by atoms with Gasteiger partial charge in [-0.15, -0.1) is 0 Å². The van der Waals surface area contributed by atoms with Crippen molar-refractivity contribution in [1.82, 2.24) is 9.62 Å². The highest BCUT2D eigenvalue weighted by Crippen LogP contribution is 2.35. The maximum absolute atomic E-state index is 13.5. The Morgan fingerprint density at radius 2 is 1.84 bits per heavy atom. The summed E-state index contributed by atoms with van der Waals surface area (Å²) in [7, 11) is -3.90. The molecular weight excluding hydrogens is 426 g/mol. The third kappa shape index (κ3) is 5.19. The number of carbonyl (C=O) groups excluding carboxylic acids is 2. The van der Waals surface area contributed by atoms with E-state index in [9.17, 15) is 18.0 Å². The van der Waals surface area contributed by atoms with Crippen LogP contribution in [0.3, 0.4) is 0 Å². The van der Waals surface area contributed by atoms with Crippen molar-refractivity contribution in [1.29, 1.82) is 0 Å². The van der Waals surface area contributed by atoms with Crippen LogP contribution in [-0.2, 0) is 26.2 Å². The Bertz CT molecular complexity index is 1130. The first-order chi connectivity index (χ1) is 15.0. The Labute approximate surface area is 190 Å². The van der Waals surface area contributed by atoms with Gasteiger partial charge in [-0.1, -0.05) is 30.3 Å². The predicted octanol–water partition coefficient (Wildman–Crippen LogP) is 3.37. The summed E-state index contributed by atoms with van der Waals surface area (Å²) in [6.45, 7) is 7.76. The molecule has 1 fully saturated rings. The first-order valence-electron chi connectivity index (χ1n) is 10.7. The highest BCUT2D eigenvalue weighted by Gasteiger charge is 2.42. The SMILES string of the molecule is CC(=O)Nc1ccc(C)cc1S(=O)(=O)N1CCC[C@](C)(C(=O)NCc2ccccc2C)C1. The van der Waals surface area contributed by atoms with Crippen molar-refractivity contribution in [3.8, 4) is 0 Å². The van der Waals surface area contributed by atoms with Crippen LogP contribution in [0.5, 0.6) is 0 Å². The van der Waals surface area contributed by atoms with Crippen LogP contribution in [0, 0.1) is 19.3 Å². The van der Waals surface area contributed by atoms with E-state index in [-0.39, 0.29) is 28.9 Å². The van der Waals surface area contributed by atoms with Crippen LogP contribution in [0.25, 0.3) is 0 Å². The molecule has 1 aliphatic heterocycles. The standard InChI is InChI=1S/C24H31N3O4S/c1-17-10-11-21(26-19(3)28)22(14-17)32(30,31)27-13-7-12-24(4,16-27)23(29)25-15-20-9-6-5-8-18(20)2/h5-6,8-11,14H,7,12-13,15-16H2,1-4H3,(H,25,29)(H,26,28)/t24-/m0/s1. The summed E-state index contributed by atoms with van der Waals surface area (Å²) < 4.78 is 28.4. The lowest BCUT2D eigenvalue weighted by atomic mass is 9.82. The zero-order chi connectivity index (χ0) is 23.5. The van der Waals surface area contributed by atoms with E-state index in [0.717, 1.165) is 16.7 Å². The Kier molecular flexibility index (Phi) is 7.05. The lowest BCUT2D eigenvalue weighted by Crippen LogP contribution is -2.51. The molecule has 0 unspecified atom stereocenters. The fourth-order valence-corrected chi connectivity index (χ4v) is 5.89. The molecule has 2 N–H and O–H groups in total. The number of amides is 2. The summed E-state index contributed by atoms with van der Waals surface area (Å²) in [5.41, 5.74) is 2.31. The number of hydrogen-bond acceptors (Lipinski definition) is 4. The molecule has 2 amide bonds. The predicted molar refractivity (Wildman–Crippen MR) is 125 cm³/mol. The molecule has 0 bridgehead atoms. The summed E-state index contributed by atoms with van der Waals surface area (Å²) in [5.74, 6) is -0.503. The molecular formula is C24H31N3O4S. The van der Waals surface area contributed by atoms with Crippen LogP contribution in [-0.4, -0.2) is 37.6 Å². The second-order valence-corrected chi connectivity index (χ2v) is 10.7. The van der Waals surface area contributed by atoms with Crippen molar-refractivity contribution in [2.45, 2.75) is 52.0 Å². The van der Waals surface area contributed by atoms with E-state index in [1.807, 2.05) is 38.1 Å². The molecule has 0 spiro atoms. The van der Waals surface area contributed by atoms with Gasteiger partial charge < -0.3 is 10.6 Å². The lowest BCUT2D eigenvalue weighted by Gasteiger charge is -2.38. The van der Waals surface area contributed by atoms with E-state index in [1.165, 1.54) is 11.2 Å². The van der Waals surface area contributed by atoms with Gasteiger partial charge in [-0.05, 0) is 62.4 Å². The summed E-state index contributed by atoms with van der Waals surface area (Å²) in [4.78, 5) is 24.7. The fraction of sp³-hybridized carbons (Fsp3) is 0.417. The number of rotatable bonds is 6. The van der Waals surface area contributed by atoms with Crippen LogP contribution >= 0.6 is 0 Å². The lowest BCUT2D eigenvalue weighted by molar-refractivity contribution is -0.132. The zero-order valence-electron chi connectivity index (χ0n) is 19.1. The summed E-state index contributed by atoms with van der Waals surface area (Å²) >= 11 is 0. The molecule has 0 saturated carbocycles. The fourth-order valence-electron chi connectivity index (χ4n) is 4.06. The second-order valence-electron chi connectivity index (χ2n) is 8.79. The molecule has 0 radical (unpaired) electrons. The molecule has 7 nitrogen and oxygen atoms in total. The smallest absolute Gasteiger partial charge is 0.245 e. The Balaban J connectivity index is 1.81. The molecule has 1 heterocycles. The Morgan fingerprint density at radius 3 is 2.53 bits per heavy atom. The molecule has 8 heteroatoms. The third-order valence-electron chi connectivity index (χ3n) is 5.98. The first kappa shape index (κ1) is 23.9. The topological polar surface area (TPSA) is 95.6 Å². The number of aryl methyl sites for hydroxylation is 2. The van der Waals surface area contributed by atoms with Crippen LogP contribution in [0.15, 0.2) is 47.4 Å². The van der Waals surface area contributed by atoms with Gasteiger partial charge in [-0.3, -0.25) is 9.59 Å². The molecule has 0 aliphatic carbocycles. The van der Waals surface area contributed by atoms with Gasteiger partial charge in [-0.2, -0.15) is 4.31 Å². The normalized spacial score (nSPS) is 19.4. The molecule has 1 saturated heterocycles. The van der Waals surface area contributed by atoms with Crippen LogP contribution in [0.4, 0.5) is 5.69 Å². The average Bonchev–Trinajstić information content (AvgIpc) is 2.74. The van der Waals surface area contributed by atoms with E-state index in [0.29, 0.717) is 25.9 Å². The number of carbonyl (C=O) groups is 2. The van der Waals surface area contributed by atoms with E-state index in [2.05, 4.69) is 10.6 Å². The van der Waals surface area contributed by atoms with Crippen molar-refractivity contribution < 1.29 is 18.0 Å². The van der Waals surface area contributed by atoms with E-state index in [4.69, 9.17) is 0 Å². The number of nitrogens with one attached hydrogen (secondary N) is 2. The van der Waals surface area contributed by atoms with E-state index < -0.39 is 15.4 Å². The van der Waals surface area contributed by atoms with Gasteiger partial charge in [0.25, 0.3) is 0 Å². The van der Waals surface area contributed by atoms with Crippen LogP contribution in [0.1, 0.15) is 43.4 Å². The zero-order valence-corrected chi connectivity index (χ0v) is 19.9. The van der Waals surface area contributed by atoms with Crippen molar-refractivity contribution in [2.24, 2.45) is 5.41 Å². The van der Waals surface area contributed by atoms with Gasteiger partial charge in [0.05, 0.1) is 11.1 Å². The van der Waals surface area contributed by atoms with Gasteiger partial charge in [0.1, 0.15) is 4.90 Å². The monoisotopic (exact) mass is 457 g/mol. The van der Waals surface area contributed by atoms with Gasteiger partial charge in [0.15, 0.2) is 0 Å². The number of sulfonamides is 1. The van der Waals surface area contributed by atoms with Crippen LogP contribution in [0.2, 0.25) is 0 Å². The second kappa shape index (κ2) is 9.42.